The Morgan fingerprint density at radius 2 is 1.83 bits per heavy atom. The summed E-state index contributed by atoms with van der Waals surface area (Å²) in [5.74, 6) is 0.378. The lowest BCUT2D eigenvalue weighted by atomic mass is 9.80. The van der Waals surface area contributed by atoms with E-state index in [4.69, 9.17) is 5.11 Å². The van der Waals surface area contributed by atoms with Gasteiger partial charge in [0, 0.05) is 25.9 Å². The van der Waals surface area contributed by atoms with Crippen LogP contribution in [-0.4, -0.2) is 35.5 Å². The van der Waals surface area contributed by atoms with E-state index in [1.165, 1.54) is 6.42 Å². The summed E-state index contributed by atoms with van der Waals surface area (Å²) >= 11 is 0. The van der Waals surface area contributed by atoms with Crippen LogP contribution in [0.1, 0.15) is 51.9 Å². The summed E-state index contributed by atoms with van der Waals surface area (Å²) in [5.41, 5.74) is 0. The SMILES string of the molecule is CCC1CCC(C(=O)N(C)CCCC(=O)O)CC1. The predicted molar refractivity (Wildman–Crippen MR) is 70.2 cm³/mol. The first-order valence-corrected chi connectivity index (χ1v) is 7.01. The van der Waals surface area contributed by atoms with Crippen molar-refractivity contribution >= 4 is 11.9 Å². The Hall–Kier alpha value is -1.06. The summed E-state index contributed by atoms with van der Waals surface area (Å²) in [6.45, 7) is 2.77. The van der Waals surface area contributed by atoms with Gasteiger partial charge in [0.2, 0.25) is 5.91 Å². The second-order valence-corrected chi connectivity index (χ2v) is 5.38. The van der Waals surface area contributed by atoms with Crippen molar-refractivity contribution in [3.63, 3.8) is 0 Å². The highest BCUT2D eigenvalue weighted by Gasteiger charge is 2.27. The van der Waals surface area contributed by atoms with Gasteiger partial charge in [0.25, 0.3) is 0 Å². The van der Waals surface area contributed by atoms with Crippen LogP contribution in [0, 0.1) is 11.8 Å². The maximum atomic E-state index is 12.1. The van der Waals surface area contributed by atoms with Gasteiger partial charge in [-0.1, -0.05) is 13.3 Å². The quantitative estimate of drug-likeness (QED) is 0.793. The highest BCUT2D eigenvalue weighted by atomic mass is 16.4. The molecule has 1 saturated carbocycles. The molecule has 1 aliphatic rings. The maximum absolute atomic E-state index is 12.1. The predicted octanol–water partition coefficient (Wildman–Crippen LogP) is 2.53. The van der Waals surface area contributed by atoms with Crippen molar-refractivity contribution in [2.45, 2.75) is 51.9 Å². The first-order valence-electron chi connectivity index (χ1n) is 7.01. The number of amides is 1. The van der Waals surface area contributed by atoms with Crippen LogP contribution in [-0.2, 0) is 9.59 Å². The van der Waals surface area contributed by atoms with Crippen molar-refractivity contribution in [2.75, 3.05) is 13.6 Å². The second-order valence-electron chi connectivity index (χ2n) is 5.38. The lowest BCUT2D eigenvalue weighted by Crippen LogP contribution is -2.35. The van der Waals surface area contributed by atoms with Crippen molar-refractivity contribution in [2.24, 2.45) is 11.8 Å². The molecule has 0 aliphatic heterocycles. The minimum Gasteiger partial charge on any atom is -0.481 e. The second kappa shape index (κ2) is 7.39. The molecule has 0 aromatic heterocycles. The number of carbonyl (C=O) groups excluding carboxylic acids is 1. The van der Waals surface area contributed by atoms with Gasteiger partial charge in [-0.05, 0) is 38.0 Å². The zero-order valence-corrected chi connectivity index (χ0v) is 11.5. The minimum absolute atomic E-state index is 0.139. The Morgan fingerprint density at radius 3 is 2.33 bits per heavy atom. The van der Waals surface area contributed by atoms with Crippen molar-refractivity contribution in [3.8, 4) is 0 Å². The van der Waals surface area contributed by atoms with Crippen LogP contribution in [0.25, 0.3) is 0 Å². The molecule has 0 heterocycles. The standard InChI is InChI=1S/C14H25NO3/c1-3-11-6-8-12(9-7-11)14(18)15(2)10-4-5-13(16)17/h11-12H,3-10H2,1-2H3,(H,16,17). The van der Waals surface area contributed by atoms with E-state index in [1.807, 2.05) is 0 Å². The van der Waals surface area contributed by atoms with Gasteiger partial charge in [-0.2, -0.15) is 0 Å². The molecule has 0 atom stereocenters. The molecule has 1 N–H and O–H groups in total. The van der Waals surface area contributed by atoms with Gasteiger partial charge in [-0.3, -0.25) is 9.59 Å². The highest BCUT2D eigenvalue weighted by Crippen LogP contribution is 2.31. The summed E-state index contributed by atoms with van der Waals surface area (Å²) in [5, 5.41) is 8.57. The maximum Gasteiger partial charge on any atom is 0.303 e. The monoisotopic (exact) mass is 255 g/mol. The number of nitrogens with zero attached hydrogens (tertiary/aromatic N) is 1. The summed E-state index contributed by atoms with van der Waals surface area (Å²) in [4.78, 5) is 24.3. The zero-order chi connectivity index (χ0) is 13.5. The van der Waals surface area contributed by atoms with Gasteiger partial charge < -0.3 is 10.0 Å². The van der Waals surface area contributed by atoms with Gasteiger partial charge >= 0.3 is 5.97 Å². The van der Waals surface area contributed by atoms with E-state index < -0.39 is 5.97 Å². The fourth-order valence-corrected chi connectivity index (χ4v) is 2.71. The molecule has 1 fully saturated rings. The number of rotatable bonds is 6. The van der Waals surface area contributed by atoms with Gasteiger partial charge in [-0.15, -0.1) is 0 Å². The number of carboxylic acid groups (broad SMARTS) is 1. The lowest BCUT2D eigenvalue weighted by molar-refractivity contribution is -0.139. The van der Waals surface area contributed by atoms with E-state index >= 15 is 0 Å². The fraction of sp³-hybridized carbons (Fsp3) is 0.857. The smallest absolute Gasteiger partial charge is 0.303 e. The largest absolute Gasteiger partial charge is 0.481 e. The van der Waals surface area contributed by atoms with Crippen LogP contribution in [0.15, 0.2) is 0 Å². The average molecular weight is 255 g/mol. The van der Waals surface area contributed by atoms with Gasteiger partial charge in [0.15, 0.2) is 0 Å². The van der Waals surface area contributed by atoms with Gasteiger partial charge in [-0.25, -0.2) is 0 Å². The molecule has 1 aliphatic carbocycles. The Bertz CT molecular complexity index is 283. The number of carboxylic acids is 1. The Balaban J connectivity index is 2.28. The normalized spacial score (nSPS) is 23.7. The third kappa shape index (κ3) is 4.67. The molecular formula is C14H25NO3. The fourth-order valence-electron chi connectivity index (χ4n) is 2.71. The van der Waals surface area contributed by atoms with Crippen molar-refractivity contribution in [1.29, 1.82) is 0 Å². The van der Waals surface area contributed by atoms with E-state index in [0.29, 0.717) is 13.0 Å². The highest BCUT2D eigenvalue weighted by molar-refractivity contribution is 5.78. The van der Waals surface area contributed by atoms with Gasteiger partial charge in [0.05, 0.1) is 0 Å². The van der Waals surface area contributed by atoms with Crippen molar-refractivity contribution in [3.05, 3.63) is 0 Å². The summed E-state index contributed by atoms with van der Waals surface area (Å²) in [6, 6.07) is 0. The van der Waals surface area contributed by atoms with Crippen LogP contribution in [0.5, 0.6) is 0 Å². The first kappa shape index (κ1) is 15.0. The number of carbonyl (C=O) groups is 2. The van der Waals surface area contributed by atoms with E-state index in [9.17, 15) is 9.59 Å². The third-order valence-corrected chi connectivity index (χ3v) is 4.03. The molecular weight excluding hydrogens is 230 g/mol. The topological polar surface area (TPSA) is 57.6 Å². The first-order chi connectivity index (χ1) is 8.54. The Labute approximate surface area is 109 Å². The van der Waals surface area contributed by atoms with Gasteiger partial charge in [0.1, 0.15) is 0 Å². The third-order valence-electron chi connectivity index (χ3n) is 4.03. The van der Waals surface area contributed by atoms with E-state index in [2.05, 4.69) is 6.92 Å². The van der Waals surface area contributed by atoms with E-state index in [0.717, 1.165) is 31.6 Å². The molecule has 1 rings (SSSR count). The molecule has 0 saturated heterocycles. The molecule has 1 amide bonds. The number of hydrogen-bond acceptors (Lipinski definition) is 2. The van der Waals surface area contributed by atoms with Crippen LogP contribution in [0.3, 0.4) is 0 Å². The average Bonchev–Trinajstić information content (AvgIpc) is 2.37. The van der Waals surface area contributed by atoms with Crippen molar-refractivity contribution in [1.82, 2.24) is 4.90 Å². The van der Waals surface area contributed by atoms with Crippen LogP contribution in [0.2, 0.25) is 0 Å². The molecule has 4 heteroatoms. The zero-order valence-electron chi connectivity index (χ0n) is 11.5. The summed E-state index contributed by atoms with van der Waals surface area (Å²) in [6.07, 6.45) is 6.23. The Kier molecular flexibility index (Phi) is 6.16. The molecule has 18 heavy (non-hydrogen) atoms. The molecule has 0 aromatic rings. The molecule has 104 valence electrons. The minimum atomic E-state index is -0.792. The van der Waals surface area contributed by atoms with Crippen LogP contribution >= 0.6 is 0 Å². The summed E-state index contributed by atoms with van der Waals surface area (Å²) < 4.78 is 0. The number of aliphatic carboxylic acids is 1. The molecule has 0 unspecified atom stereocenters. The number of hydrogen-bond donors (Lipinski definition) is 1. The molecule has 0 spiro atoms. The Morgan fingerprint density at radius 1 is 1.22 bits per heavy atom. The summed E-state index contributed by atoms with van der Waals surface area (Å²) in [7, 11) is 1.79. The molecule has 0 aromatic carbocycles. The van der Waals surface area contributed by atoms with Crippen LogP contribution in [0.4, 0.5) is 0 Å². The van der Waals surface area contributed by atoms with E-state index in [1.54, 1.807) is 11.9 Å². The van der Waals surface area contributed by atoms with E-state index in [-0.39, 0.29) is 18.2 Å². The van der Waals surface area contributed by atoms with Crippen LogP contribution < -0.4 is 0 Å². The molecule has 0 bridgehead atoms. The van der Waals surface area contributed by atoms with Crippen molar-refractivity contribution < 1.29 is 14.7 Å². The molecule has 0 radical (unpaired) electrons. The lowest BCUT2D eigenvalue weighted by Gasteiger charge is -2.30. The molecule has 4 nitrogen and oxygen atoms in total.